The number of allylic oxidation sites excluding steroid dienone is 2. The molecule has 0 saturated heterocycles. The normalized spacial score (nSPS) is 18.0. The van der Waals surface area contributed by atoms with Crippen LogP contribution in [0.2, 0.25) is 0 Å². The van der Waals surface area contributed by atoms with E-state index in [-0.39, 0.29) is 17.9 Å². The summed E-state index contributed by atoms with van der Waals surface area (Å²) in [6.45, 7) is 1.84. The first-order valence-electron chi connectivity index (χ1n) is 9.81. The van der Waals surface area contributed by atoms with Gasteiger partial charge in [-0.15, -0.1) is 0 Å². The van der Waals surface area contributed by atoms with Gasteiger partial charge in [0.05, 0.1) is 34.0 Å². The SMILES string of the molecule is CC1=NN(c2ccc(S(=O)(=O)O)cc2)C(=O)/C1=C\C=C1/Oc2ccccc2N1CCC(=O)O. The van der Waals surface area contributed by atoms with E-state index in [4.69, 9.17) is 14.4 Å². The summed E-state index contributed by atoms with van der Waals surface area (Å²) in [7, 11) is -4.35. The summed E-state index contributed by atoms with van der Waals surface area (Å²) in [5, 5.41) is 14.4. The Kier molecular flexibility index (Phi) is 5.75. The Morgan fingerprint density at radius 1 is 1.12 bits per heavy atom. The highest BCUT2D eigenvalue weighted by molar-refractivity contribution is 7.85. The zero-order valence-electron chi connectivity index (χ0n) is 17.4. The molecule has 0 aromatic heterocycles. The summed E-state index contributed by atoms with van der Waals surface area (Å²) in [5.41, 5.74) is 1.78. The topological polar surface area (TPSA) is 137 Å². The molecule has 1 amide bonds. The predicted octanol–water partition coefficient (Wildman–Crippen LogP) is 2.80. The van der Waals surface area contributed by atoms with E-state index in [1.54, 1.807) is 36.1 Å². The molecule has 170 valence electrons. The van der Waals surface area contributed by atoms with Gasteiger partial charge in [0.1, 0.15) is 0 Å². The maximum atomic E-state index is 12.9. The number of anilines is 2. The first-order valence-corrected chi connectivity index (χ1v) is 11.2. The van der Waals surface area contributed by atoms with Crippen LogP contribution in [0.25, 0.3) is 0 Å². The number of para-hydroxylation sites is 2. The largest absolute Gasteiger partial charge is 0.481 e. The Balaban J connectivity index is 1.60. The molecule has 0 radical (unpaired) electrons. The lowest BCUT2D eigenvalue weighted by Gasteiger charge is -2.16. The van der Waals surface area contributed by atoms with Gasteiger partial charge in [0.25, 0.3) is 16.0 Å². The van der Waals surface area contributed by atoms with Crippen LogP contribution >= 0.6 is 0 Å². The minimum atomic E-state index is -4.35. The number of carboxylic acids is 1. The molecule has 2 aliphatic heterocycles. The second kappa shape index (κ2) is 8.52. The summed E-state index contributed by atoms with van der Waals surface area (Å²) in [4.78, 5) is 25.4. The van der Waals surface area contributed by atoms with Gasteiger partial charge in [0, 0.05) is 6.54 Å². The Hall–Kier alpha value is -3.96. The molecule has 0 unspecified atom stereocenters. The van der Waals surface area contributed by atoms with E-state index in [9.17, 15) is 18.0 Å². The molecule has 0 fully saturated rings. The third-order valence-electron chi connectivity index (χ3n) is 5.02. The van der Waals surface area contributed by atoms with E-state index in [1.807, 2.05) is 12.1 Å². The number of fused-ring (bicyclic) bond motifs is 1. The van der Waals surface area contributed by atoms with Crippen molar-refractivity contribution in [3.8, 4) is 5.75 Å². The van der Waals surface area contributed by atoms with Crippen molar-refractivity contribution in [2.24, 2.45) is 5.10 Å². The number of hydrogen-bond donors (Lipinski definition) is 2. The molecule has 11 heteroatoms. The Labute approximate surface area is 189 Å². The van der Waals surface area contributed by atoms with Gasteiger partial charge in [0.2, 0.25) is 5.88 Å². The van der Waals surface area contributed by atoms with Crippen LogP contribution < -0.4 is 14.6 Å². The molecular formula is C22H19N3O7S. The van der Waals surface area contributed by atoms with E-state index in [0.717, 1.165) is 10.7 Å². The molecular weight excluding hydrogens is 450 g/mol. The van der Waals surface area contributed by atoms with Gasteiger partial charge in [-0.1, -0.05) is 12.1 Å². The average Bonchev–Trinajstić information content (AvgIpc) is 3.26. The van der Waals surface area contributed by atoms with Crippen LogP contribution in [0.3, 0.4) is 0 Å². The average molecular weight is 469 g/mol. The van der Waals surface area contributed by atoms with Crippen LogP contribution in [0, 0.1) is 0 Å². The molecule has 2 heterocycles. The fourth-order valence-electron chi connectivity index (χ4n) is 3.41. The molecule has 4 rings (SSSR count). The molecule has 0 aliphatic carbocycles. The fraction of sp³-hybridized carbons (Fsp3) is 0.136. The third kappa shape index (κ3) is 4.49. The number of carboxylic acid groups (broad SMARTS) is 1. The van der Waals surface area contributed by atoms with Gasteiger partial charge >= 0.3 is 5.97 Å². The maximum absolute atomic E-state index is 12.9. The van der Waals surface area contributed by atoms with Crippen LogP contribution in [0.1, 0.15) is 13.3 Å². The van der Waals surface area contributed by atoms with Crippen molar-refractivity contribution in [3.63, 3.8) is 0 Å². The van der Waals surface area contributed by atoms with Gasteiger partial charge < -0.3 is 14.7 Å². The molecule has 0 spiro atoms. The second-order valence-corrected chi connectivity index (χ2v) is 8.64. The number of hydrazone groups is 1. The number of nitrogens with zero attached hydrogens (tertiary/aromatic N) is 3. The minimum absolute atomic E-state index is 0.0989. The van der Waals surface area contributed by atoms with Crippen molar-refractivity contribution >= 4 is 39.1 Å². The highest BCUT2D eigenvalue weighted by atomic mass is 32.2. The lowest BCUT2D eigenvalue weighted by molar-refractivity contribution is -0.136. The van der Waals surface area contributed by atoms with Crippen molar-refractivity contribution in [2.45, 2.75) is 18.2 Å². The minimum Gasteiger partial charge on any atom is -0.481 e. The first kappa shape index (κ1) is 22.2. The van der Waals surface area contributed by atoms with Gasteiger partial charge in [-0.3, -0.25) is 14.1 Å². The zero-order valence-corrected chi connectivity index (χ0v) is 18.2. The summed E-state index contributed by atoms with van der Waals surface area (Å²) in [6, 6.07) is 12.3. The standard InChI is InChI=1S/C22H19N3O7S/c1-14-17(22(28)25(23-14)15-6-8-16(9-7-15)33(29,30)31)10-11-20-24(13-12-21(26)27)18-4-2-3-5-19(18)32-20/h2-11H,12-13H2,1H3,(H,26,27)(H,29,30,31)/b17-10-,20-11-. The third-order valence-corrected chi connectivity index (χ3v) is 5.89. The van der Waals surface area contributed by atoms with Gasteiger partial charge in [-0.05, 0) is 55.5 Å². The molecule has 2 aromatic rings. The van der Waals surface area contributed by atoms with Crippen LogP contribution in [0.15, 0.2) is 82.1 Å². The summed E-state index contributed by atoms with van der Waals surface area (Å²) >= 11 is 0. The Morgan fingerprint density at radius 2 is 1.82 bits per heavy atom. The Morgan fingerprint density at radius 3 is 2.48 bits per heavy atom. The smallest absolute Gasteiger partial charge is 0.305 e. The second-order valence-electron chi connectivity index (χ2n) is 7.22. The van der Waals surface area contributed by atoms with Crippen molar-refractivity contribution in [3.05, 3.63) is 72.1 Å². The van der Waals surface area contributed by atoms with Gasteiger partial charge in [-0.2, -0.15) is 18.5 Å². The molecule has 33 heavy (non-hydrogen) atoms. The van der Waals surface area contributed by atoms with Crippen molar-refractivity contribution < 1.29 is 32.4 Å². The number of hydrogen-bond acceptors (Lipinski definition) is 7. The molecule has 2 N–H and O–H groups in total. The van der Waals surface area contributed by atoms with Gasteiger partial charge in [-0.25, -0.2) is 0 Å². The highest BCUT2D eigenvalue weighted by Gasteiger charge is 2.30. The molecule has 10 nitrogen and oxygen atoms in total. The number of aliphatic carboxylic acids is 1. The summed E-state index contributed by atoms with van der Waals surface area (Å²) in [5.74, 6) is -0.420. The van der Waals surface area contributed by atoms with E-state index >= 15 is 0 Å². The molecule has 2 aromatic carbocycles. The number of ether oxygens (including phenoxy) is 1. The molecule has 0 saturated carbocycles. The molecule has 0 bridgehead atoms. The van der Waals surface area contributed by atoms with E-state index in [2.05, 4.69) is 5.10 Å². The number of carbonyl (C=O) groups excluding carboxylic acids is 1. The van der Waals surface area contributed by atoms with Crippen molar-refractivity contribution in [1.29, 1.82) is 0 Å². The predicted molar refractivity (Wildman–Crippen MR) is 120 cm³/mol. The van der Waals surface area contributed by atoms with E-state index in [1.165, 1.54) is 24.3 Å². The van der Waals surface area contributed by atoms with E-state index < -0.39 is 22.0 Å². The molecule has 2 aliphatic rings. The van der Waals surface area contributed by atoms with Crippen LogP contribution in [-0.4, -0.2) is 42.2 Å². The van der Waals surface area contributed by atoms with Crippen molar-refractivity contribution in [1.82, 2.24) is 0 Å². The lowest BCUT2D eigenvalue weighted by atomic mass is 10.1. The first-order chi connectivity index (χ1) is 15.6. The summed E-state index contributed by atoms with van der Waals surface area (Å²) < 4.78 is 37.4. The number of carbonyl (C=O) groups is 2. The van der Waals surface area contributed by atoms with Crippen molar-refractivity contribution in [2.75, 3.05) is 16.5 Å². The van der Waals surface area contributed by atoms with Crippen LogP contribution in [0.4, 0.5) is 11.4 Å². The van der Waals surface area contributed by atoms with Gasteiger partial charge in [0.15, 0.2) is 5.75 Å². The van der Waals surface area contributed by atoms with Crippen LogP contribution in [0.5, 0.6) is 5.75 Å². The monoisotopic (exact) mass is 469 g/mol. The van der Waals surface area contributed by atoms with Crippen LogP contribution in [-0.2, 0) is 19.7 Å². The zero-order chi connectivity index (χ0) is 23.8. The number of benzene rings is 2. The summed E-state index contributed by atoms with van der Waals surface area (Å²) in [6.07, 6.45) is 3.03. The lowest BCUT2D eigenvalue weighted by Crippen LogP contribution is -2.23. The van der Waals surface area contributed by atoms with E-state index in [0.29, 0.717) is 28.6 Å². The quantitative estimate of drug-likeness (QED) is 0.487. The highest BCUT2D eigenvalue weighted by Crippen LogP contribution is 2.38. The number of amides is 1. The maximum Gasteiger partial charge on any atom is 0.305 e. The molecule has 0 atom stereocenters. The fourth-order valence-corrected chi connectivity index (χ4v) is 3.89. The Bertz CT molecular complexity index is 1330. The number of rotatable bonds is 6.